The second kappa shape index (κ2) is 3.93. The van der Waals surface area contributed by atoms with Crippen LogP contribution in [0.5, 0.6) is 0 Å². The van der Waals surface area contributed by atoms with Gasteiger partial charge in [0.15, 0.2) is 0 Å². The van der Waals surface area contributed by atoms with Gasteiger partial charge in [-0.25, -0.2) is 0 Å². The zero-order valence-electron chi connectivity index (χ0n) is 4.79. The van der Waals surface area contributed by atoms with Crippen molar-refractivity contribution < 1.29 is 0 Å². The summed E-state index contributed by atoms with van der Waals surface area (Å²) in [5.41, 5.74) is 0. The van der Waals surface area contributed by atoms with Crippen LogP contribution in [0.3, 0.4) is 0 Å². The standard InChI is InChI=1S/C6H6Te.Na/c7-6-4-2-1-3-5-6;/h1-5,7H;/q;+1/p-1. The Kier molecular flexibility index (Phi) is 3.50. The molecule has 0 saturated carbocycles. The Bertz CT molecular complexity index is 150. The molecular weight excluding hydrogens is 223 g/mol. The van der Waals surface area contributed by atoms with Gasteiger partial charge in [0.2, 0.25) is 0 Å². The minimum absolute atomic E-state index is 0.297. The minimum atomic E-state index is 0.297. The molecule has 0 fully saturated rings. The summed E-state index contributed by atoms with van der Waals surface area (Å²) < 4.78 is 1.60. The van der Waals surface area contributed by atoms with Crippen LogP contribution >= 0.6 is 0 Å². The van der Waals surface area contributed by atoms with Gasteiger partial charge in [-0.1, -0.05) is 0 Å². The molecule has 0 radical (unpaired) electrons. The molecule has 1 aromatic rings. The fourth-order valence-electron chi connectivity index (χ4n) is 0.557. The third-order valence-corrected chi connectivity index (χ3v) is 6.26. The van der Waals surface area contributed by atoms with E-state index in [-0.39, 0.29) is 0 Å². The summed E-state index contributed by atoms with van der Waals surface area (Å²) in [4.78, 5) is 0. The van der Waals surface area contributed by atoms with Crippen molar-refractivity contribution in [3.63, 3.8) is 0 Å². The Morgan fingerprint density at radius 2 is 1.75 bits per heavy atom. The van der Waals surface area contributed by atoms with Gasteiger partial charge in [0.25, 0.3) is 0 Å². The van der Waals surface area contributed by atoms with Crippen molar-refractivity contribution in [2.24, 2.45) is 0 Å². The van der Waals surface area contributed by atoms with Gasteiger partial charge in [-0.2, -0.15) is 0 Å². The van der Waals surface area contributed by atoms with Gasteiger partial charge >= 0.3 is 73.0 Å². The van der Waals surface area contributed by atoms with Crippen LogP contribution in [-0.4, -0.2) is 39.1 Å². The zero-order chi connectivity index (χ0) is 5.82. The summed E-state index contributed by atoms with van der Waals surface area (Å²) in [5.74, 6) is 0. The van der Waals surface area contributed by atoms with Crippen LogP contribution in [0.15, 0.2) is 30.3 Å². The van der Waals surface area contributed by atoms with E-state index < -0.39 is 0 Å². The van der Waals surface area contributed by atoms with Gasteiger partial charge in [0.05, 0.1) is 0 Å². The molecule has 0 N–H and O–H groups in total. The van der Waals surface area contributed by atoms with Crippen molar-refractivity contribution in [1.82, 2.24) is 0 Å². The molecule has 0 amide bonds. The van der Waals surface area contributed by atoms with E-state index in [4.69, 9.17) is 0 Å². The Labute approximate surface area is 72.1 Å². The molecule has 0 saturated heterocycles. The van der Waals surface area contributed by atoms with Crippen LogP contribution in [-0.2, 0) is 0 Å². The first-order valence-electron chi connectivity index (χ1n) is 2.52. The van der Waals surface area contributed by atoms with Crippen LogP contribution in [0.4, 0.5) is 0 Å². The Hall–Kier alpha value is 1.01. The first-order valence-corrected chi connectivity index (χ1v) is 11.5. The summed E-state index contributed by atoms with van der Waals surface area (Å²) in [6.45, 7) is 0. The molecule has 0 nitrogen and oxygen atoms in total. The Morgan fingerprint density at radius 3 is 2.12 bits per heavy atom. The molecule has 8 heavy (non-hydrogen) atoms. The van der Waals surface area contributed by atoms with Gasteiger partial charge < -0.3 is 0 Å². The zero-order valence-corrected chi connectivity index (χ0v) is 9.13. The normalized spacial score (nSPS) is 9.25. The third-order valence-electron chi connectivity index (χ3n) is 0.979. The molecule has 0 spiro atoms. The molecule has 0 aromatic heterocycles. The van der Waals surface area contributed by atoms with Crippen molar-refractivity contribution >= 4 is 42.7 Å². The SMILES string of the molecule is [Na][Te]c1ccccc1. The van der Waals surface area contributed by atoms with Crippen molar-refractivity contribution in [3.05, 3.63) is 30.3 Å². The quantitative estimate of drug-likeness (QED) is 0.597. The third kappa shape index (κ3) is 2.09. The van der Waals surface area contributed by atoms with Gasteiger partial charge in [-0.15, -0.1) is 0 Å². The monoisotopic (exact) mass is 230 g/mol. The molecule has 0 aliphatic heterocycles. The average Bonchev–Trinajstić information content (AvgIpc) is 1.90. The van der Waals surface area contributed by atoms with E-state index >= 15 is 0 Å². The number of hydrogen-bond acceptors (Lipinski definition) is 0. The summed E-state index contributed by atoms with van der Waals surface area (Å²) in [6, 6.07) is 10.8. The number of benzene rings is 1. The molecule has 0 unspecified atom stereocenters. The van der Waals surface area contributed by atoms with Gasteiger partial charge in [-0.05, 0) is 0 Å². The van der Waals surface area contributed by atoms with E-state index in [1.807, 2.05) is 0 Å². The van der Waals surface area contributed by atoms with Crippen LogP contribution in [0.2, 0.25) is 0 Å². The number of hydrogen-bond donors (Lipinski definition) is 0. The second-order valence-corrected chi connectivity index (χ2v) is 6.77. The Balaban J connectivity index is 2.83. The fourth-order valence-corrected chi connectivity index (χ4v) is 3.61. The van der Waals surface area contributed by atoms with Crippen LogP contribution in [0.1, 0.15) is 0 Å². The molecule has 36 valence electrons. The average molecular weight is 228 g/mol. The maximum absolute atomic E-state index is 2.23. The van der Waals surface area contributed by atoms with E-state index in [2.05, 4.69) is 30.3 Å². The van der Waals surface area contributed by atoms with Crippen LogP contribution < -0.4 is 3.61 Å². The van der Waals surface area contributed by atoms with Crippen molar-refractivity contribution in [3.8, 4) is 0 Å². The Morgan fingerprint density at radius 1 is 1.12 bits per heavy atom. The van der Waals surface area contributed by atoms with Crippen LogP contribution in [0, 0.1) is 0 Å². The van der Waals surface area contributed by atoms with Gasteiger partial charge in [0.1, 0.15) is 0 Å². The first kappa shape index (κ1) is 7.12. The second-order valence-electron chi connectivity index (χ2n) is 1.52. The molecule has 0 bridgehead atoms. The predicted molar refractivity (Wildman–Crippen MR) is 37.6 cm³/mol. The van der Waals surface area contributed by atoms with E-state index in [1.165, 1.54) is 23.5 Å². The predicted octanol–water partition coefficient (Wildman–Crippen LogP) is 0.0996. The fraction of sp³-hybridized carbons (Fsp3) is 0. The molecule has 0 atom stereocenters. The molecule has 0 aliphatic carbocycles. The summed E-state index contributed by atoms with van der Waals surface area (Å²) in [5, 5.41) is 0. The first-order chi connectivity index (χ1) is 3.93. The van der Waals surface area contributed by atoms with E-state index in [0.29, 0.717) is 15.5 Å². The molecule has 1 rings (SSSR count). The number of rotatable bonds is 1. The van der Waals surface area contributed by atoms with Crippen LogP contribution in [0.25, 0.3) is 0 Å². The van der Waals surface area contributed by atoms with E-state index in [9.17, 15) is 0 Å². The molecule has 2 heteroatoms. The van der Waals surface area contributed by atoms with Crippen molar-refractivity contribution in [1.29, 1.82) is 0 Å². The summed E-state index contributed by atoms with van der Waals surface area (Å²) in [6.07, 6.45) is 0. The van der Waals surface area contributed by atoms with Gasteiger partial charge in [-0.3, -0.25) is 0 Å². The van der Waals surface area contributed by atoms with Crippen molar-refractivity contribution in [2.45, 2.75) is 0 Å². The van der Waals surface area contributed by atoms with E-state index in [0.717, 1.165) is 0 Å². The molecule has 0 heterocycles. The summed E-state index contributed by atoms with van der Waals surface area (Å²) in [7, 11) is 0. The van der Waals surface area contributed by atoms with Gasteiger partial charge in [0, 0.05) is 0 Å². The molecule has 0 aliphatic rings. The topological polar surface area (TPSA) is 0 Å². The molecular formula is C6H5NaTe. The van der Waals surface area contributed by atoms with Crippen molar-refractivity contribution in [2.75, 3.05) is 0 Å². The summed E-state index contributed by atoms with van der Waals surface area (Å²) >= 11 is 1.70. The maximum atomic E-state index is 2.23. The van der Waals surface area contributed by atoms with E-state index in [1.54, 1.807) is 3.61 Å². The molecule has 1 aromatic carbocycles.